The molecule has 1 heterocycles. The Hall–Kier alpha value is -0.0400. The molecule has 74 valence electrons. The molecule has 0 aromatic carbocycles. The van der Waals surface area contributed by atoms with Crippen LogP contribution in [0.2, 0.25) is 0 Å². The molecule has 1 N–H and O–H groups in total. The van der Waals surface area contributed by atoms with Gasteiger partial charge in [-0.05, 0) is 36.5 Å². The molecule has 0 bridgehead atoms. The van der Waals surface area contributed by atoms with E-state index in [0.29, 0.717) is 0 Å². The van der Waals surface area contributed by atoms with Gasteiger partial charge in [-0.1, -0.05) is 25.7 Å². The van der Waals surface area contributed by atoms with Crippen molar-refractivity contribution in [3.63, 3.8) is 0 Å². The first-order chi connectivity index (χ1) is 6.37. The Labute approximate surface area is 81.3 Å². The van der Waals surface area contributed by atoms with Gasteiger partial charge in [0.2, 0.25) is 0 Å². The summed E-state index contributed by atoms with van der Waals surface area (Å²) in [4.78, 5) is 0. The number of nitrogens with one attached hydrogen (secondary N) is 1. The van der Waals surface area contributed by atoms with Crippen LogP contribution in [-0.4, -0.2) is 13.1 Å². The molecule has 3 aliphatic rings. The minimum absolute atomic E-state index is 0.753. The van der Waals surface area contributed by atoms with Gasteiger partial charge < -0.3 is 5.32 Å². The Balaban J connectivity index is 1.96. The fourth-order valence-corrected chi connectivity index (χ4v) is 4.43. The zero-order chi connectivity index (χ0) is 8.78. The second-order valence-corrected chi connectivity index (χ2v) is 5.58. The van der Waals surface area contributed by atoms with Gasteiger partial charge >= 0.3 is 0 Å². The Morgan fingerprint density at radius 2 is 1.00 bits per heavy atom. The first-order valence-corrected chi connectivity index (χ1v) is 6.08. The lowest BCUT2D eigenvalue weighted by Gasteiger charge is -2.52. The summed E-state index contributed by atoms with van der Waals surface area (Å²) < 4.78 is 0. The molecular weight excluding hydrogens is 158 g/mol. The molecular formula is C12H21N. The summed E-state index contributed by atoms with van der Waals surface area (Å²) in [5.74, 6) is 0. The van der Waals surface area contributed by atoms with Crippen LogP contribution in [0.15, 0.2) is 0 Å². The molecule has 1 heteroatoms. The summed E-state index contributed by atoms with van der Waals surface area (Å²) in [6.45, 7) is 2.68. The van der Waals surface area contributed by atoms with E-state index in [-0.39, 0.29) is 0 Å². The predicted molar refractivity (Wildman–Crippen MR) is 54.7 cm³/mol. The van der Waals surface area contributed by atoms with Gasteiger partial charge in [-0.3, -0.25) is 0 Å². The number of hydrogen-bond acceptors (Lipinski definition) is 1. The minimum atomic E-state index is 0.753. The van der Waals surface area contributed by atoms with Gasteiger partial charge in [0.05, 0.1) is 0 Å². The van der Waals surface area contributed by atoms with Crippen molar-refractivity contribution in [2.24, 2.45) is 10.8 Å². The third-order valence-electron chi connectivity index (χ3n) is 5.17. The summed E-state index contributed by atoms with van der Waals surface area (Å²) in [6.07, 6.45) is 12.1. The van der Waals surface area contributed by atoms with Gasteiger partial charge in [0.15, 0.2) is 0 Å². The van der Waals surface area contributed by atoms with Crippen LogP contribution in [0.4, 0.5) is 0 Å². The summed E-state index contributed by atoms with van der Waals surface area (Å²) in [7, 11) is 0. The van der Waals surface area contributed by atoms with E-state index in [1.807, 2.05) is 0 Å². The molecule has 2 saturated carbocycles. The Morgan fingerprint density at radius 1 is 0.615 bits per heavy atom. The van der Waals surface area contributed by atoms with Crippen LogP contribution >= 0.6 is 0 Å². The van der Waals surface area contributed by atoms with Crippen LogP contribution in [0.3, 0.4) is 0 Å². The van der Waals surface area contributed by atoms with Crippen molar-refractivity contribution in [3.05, 3.63) is 0 Å². The fraction of sp³-hybridized carbons (Fsp3) is 1.00. The topological polar surface area (TPSA) is 12.0 Å². The summed E-state index contributed by atoms with van der Waals surface area (Å²) in [6, 6.07) is 0. The SMILES string of the molecule is C1CCC23CCCCC2(C1)CNC3. The first kappa shape index (κ1) is 8.28. The molecule has 0 aromatic rings. The van der Waals surface area contributed by atoms with E-state index in [0.717, 1.165) is 10.8 Å². The Kier molecular flexibility index (Phi) is 1.74. The van der Waals surface area contributed by atoms with Crippen LogP contribution < -0.4 is 5.32 Å². The molecule has 0 aromatic heterocycles. The predicted octanol–water partition coefficient (Wildman–Crippen LogP) is 2.71. The maximum Gasteiger partial charge on any atom is 0.00138 e. The molecule has 0 spiro atoms. The Bertz CT molecular complexity index is 175. The van der Waals surface area contributed by atoms with E-state index in [1.54, 1.807) is 0 Å². The normalized spacial score (nSPS) is 49.8. The lowest BCUT2D eigenvalue weighted by molar-refractivity contribution is -0.00790. The zero-order valence-corrected chi connectivity index (χ0v) is 8.57. The molecule has 0 unspecified atom stereocenters. The molecule has 0 amide bonds. The van der Waals surface area contributed by atoms with Gasteiger partial charge in [-0.15, -0.1) is 0 Å². The quantitative estimate of drug-likeness (QED) is 0.603. The van der Waals surface area contributed by atoms with E-state index in [9.17, 15) is 0 Å². The fourth-order valence-electron chi connectivity index (χ4n) is 4.43. The first-order valence-electron chi connectivity index (χ1n) is 6.08. The average Bonchev–Trinajstić information content (AvgIpc) is 2.56. The zero-order valence-electron chi connectivity index (χ0n) is 8.57. The molecule has 13 heavy (non-hydrogen) atoms. The van der Waals surface area contributed by atoms with Crippen LogP contribution in [0.1, 0.15) is 51.4 Å². The summed E-state index contributed by atoms with van der Waals surface area (Å²) in [5.41, 5.74) is 1.51. The highest BCUT2D eigenvalue weighted by Crippen LogP contribution is 2.60. The van der Waals surface area contributed by atoms with Gasteiger partial charge in [0.1, 0.15) is 0 Å². The highest BCUT2D eigenvalue weighted by molar-refractivity contribution is 5.08. The van der Waals surface area contributed by atoms with E-state index in [1.165, 1.54) is 64.5 Å². The average molecular weight is 179 g/mol. The molecule has 0 atom stereocenters. The van der Waals surface area contributed by atoms with Crippen molar-refractivity contribution >= 4 is 0 Å². The van der Waals surface area contributed by atoms with Crippen LogP contribution in [0.5, 0.6) is 0 Å². The van der Waals surface area contributed by atoms with Gasteiger partial charge in [0, 0.05) is 13.1 Å². The summed E-state index contributed by atoms with van der Waals surface area (Å²) >= 11 is 0. The van der Waals surface area contributed by atoms with Crippen molar-refractivity contribution in [2.75, 3.05) is 13.1 Å². The minimum Gasteiger partial charge on any atom is -0.316 e. The van der Waals surface area contributed by atoms with E-state index >= 15 is 0 Å². The van der Waals surface area contributed by atoms with E-state index in [4.69, 9.17) is 0 Å². The molecule has 1 aliphatic heterocycles. The number of rotatable bonds is 0. The van der Waals surface area contributed by atoms with Crippen LogP contribution in [0, 0.1) is 10.8 Å². The second-order valence-electron chi connectivity index (χ2n) is 5.58. The third-order valence-corrected chi connectivity index (χ3v) is 5.17. The standard InChI is InChI=1S/C12H21N/c1-2-6-12-8-4-3-7-11(12,5-1)9-13-10-12/h13H,1-10H2. The molecule has 3 rings (SSSR count). The van der Waals surface area contributed by atoms with Crippen molar-refractivity contribution in [3.8, 4) is 0 Å². The Morgan fingerprint density at radius 3 is 1.38 bits per heavy atom. The highest BCUT2D eigenvalue weighted by atomic mass is 15.0. The van der Waals surface area contributed by atoms with Crippen molar-refractivity contribution < 1.29 is 0 Å². The van der Waals surface area contributed by atoms with Gasteiger partial charge in [-0.2, -0.15) is 0 Å². The van der Waals surface area contributed by atoms with Crippen molar-refractivity contribution in [1.82, 2.24) is 5.32 Å². The molecule has 2 aliphatic carbocycles. The smallest absolute Gasteiger partial charge is 0.00138 e. The van der Waals surface area contributed by atoms with Crippen LogP contribution in [0.25, 0.3) is 0 Å². The molecule has 0 radical (unpaired) electrons. The lowest BCUT2D eigenvalue weighted by atomic mass is 9.52. The number of hydrogen-bond donors (Lipinski definition) is 1. The summed E-state index contributed by atoms with van der Waals surface area (Å²) in [5, 5.41) is 3.69. The van der Waals surface area contributed by atoms with Crippen LogP contribution in [-0.2, 0) is 0 Å². The maximum atomic E-state index is 3.69. The molecule has 1 nitrogen and oxygen atoms in total. The largest absolute Gasteiger partial charge is 0.316 e. The van der Waals surface area contributed by atoms with E-state index in [2.05, 4.69) is 5.32 Å². The van der Waals surface area contributed by atoms with Crippen molar-refractivity contribution in [2.45, 2.75) is 51.4 Å². The molecule has 3 fully saturated rings. The highest BCUT2D eigenvalue weighted by Gasteiger charge is 2.55. The third kappa shape index (κ3) is 0.971. The second kappa shape index (κ2) is 2.73. The monoisotopic (exact) mass is 179 g/mol. The molecule has 1 saturated heterocycles. The van der Waals surface area contributed by atoms with Crippen molar-refractivity contribution in [1.29, 1.82) is 0 Å². The lowest BCUT2D eigenvalue weighted by Crippen LogP contribution is -2.45. The van der Waals surface area contributed by atoms with Gasteiger partial charge in [0.25, 0.3) is 0 Å². The van der Waals surface area contributed by atoms with E-state index < -0.39 is 0 Å². The van der Waals surface area contributed by atoms with Gasteiger partial charge in [-0.25, -0.2) is 0 Å². The maximum absolute atomic E-state index is 3.69.